The van der Waals surface area contributed by atoms with Gasteiger partial charge in [0.2, 0.25) is 0 Å². The van der Waals surface area contributed by atoms with E-state index < -0.39 is 32.4 Å². The van der Waals surface area contributed by atoms with Gasteiger partial charge in [-0.1, -0.05) is 31.2 Å². The number of aryl methyl sites for hydroxylation is 1. The third-order valence-corrected chi connectivity index (χ3v) is 5.82. The Bertz CT molecular complexity index is 623. The van der Waals surface area contributed by atoms with Gasteiger partial charge in [-0.15, -0.1) is 0 Å². The predicted molar refractivity (Wildman–Crippen MR) is 76.3 cm³/mol. The summed E-state index contributed by atoms with van der Waals surface area (Å²) < 4.78 is 23.7. The van der Waals surface area contributed by atoms with Crippen LogP contribution < -0.4 is 5.73 Å². The molecule has 3 unspecified atom stereocenters. The molecule has 3 N–H and O–H groups in total. The molecule has 2 rings (SSSR count). The molecule has 1 fully saturated rings. The van der Waals surface area contributed by atoms with Gasteiger partial charge >= 0.3 is 5.97 Å². The molecule has 0 radical (unpaired) electrons. The first-order chi connectivity index (χ1) is 9.29. The summed E-state index contributed by atoms with van der Waals surface area (Å²) >= 11 is 0. The average molecular weight is 297 g/mol. The van der Waals surface area contributed by atoms with Crippen molar-refractivity contribution in [3.8, 4) is 0 Å². The molecule has 1 aliphatic carbocycles. The number of carboxylic acid groups (broad SMARTS) is 1. The second-order valence-corrected chi connectivity index (χ2v) is 7.54. The molecule has 110 valence electrons. The van der Waals surface area contributed by atoms with Gasteiger partial charge in [-0.25, -0.2) is 8.42 Å². The first-order valence-electron chi connectivity index (χ1n) is 6.50. The van der Waals surface area contributed by atoms with Gasteiger partial charge in [0, 0.05) is 18.7 Å². The number of benzene rings is 1. The van der Waals surface area contributed by atoms with Crippen LogP contribution in [0.15, 0.2) is 24.3 Å². The summed E-state index contributed by atoms with van der Waals surface area (Å²) in [4.78, 5) is 11.5. The first-order valence-corrected chi connectivity index (χ1v) is 8.45. The quantitative estimate of drug-likeness (QED) is 0.837. The van der Waals surface area contributed by atoms with Gasteiger partial charge in [0.05, 0.1) is 5.25 Å². The topological polar surface area (TPSA) is 97.5 Å². The normalized spacial score (nSPS) is 29.1. The smallest absolute Gasteiger partial charge is 0.312 e. The second kappa shape index (κ2) is 4.86. The molecule has 6 heteroatoms. The van der Waals surface area contributed by atoms with Crippen LogP contribution in [0.25, 0.3) is 0 Å². The van der Waals surface area contributed by atoms with Crippen LogP contribution >= 0.6 is 0 Å². The van der Waals surface area contributed by atoms with Crippen molar-refractivity contribution in [1.29, 1.82) is 0 Å². The van der Waals surface area contributed by atoms with Crippen LogP contribution in [0.2, 0.25) is 0 Å². The molecule has 1 aromatic rings. The lowest BCUT2D eigenvalue weighted by atomic mass is 9.98. The molecule has 1 aliphatic rings. The lowest BCUT2D eigenvalue weighted by molar-refractivity contribution is -0.143. The number of hydrogen-bond donors (Lipinski definition) is 2. The highest BCUT2D eigenvalue weighted by Gasteiger charge is 2.74. The first kappa shape index (κ1) is 15.0. The van der Waals surface area contributed by atoms with Crippen LogP contribution in [0.4, 0.5) is 0 Å². The molecule has 20 heavy (non-hydrogen) atoms. The number of carbonyl (C=O) groups is 1. The fourth-order valence-electron chi connectivity index (χ4n) is 3.05. The van der Waals surface area contributed by atoms with E-state index in [-0.39, 0.29) is 6.54 Å². The largest absolute Gasteiger partial charge is 0.481 e. The molecule has 0 spiro atoms. The van der Waals surface area contributed by atoms with E-state index in [4.69, 9.17) is 5.73 Å². The highest BCUT2D eigenvalue weighted by atomic mass is 32.2. The molecule has 0 amide bonds. The Morgan fingerprint density at radius 3 is 2.20 bits per heavy atom. The van der Waals surface area contributed by atoms with Crippen molar-refractivity contribution in [3.05, 3.63) is 35.4 Å². The van der Waals surface area contributed by atoms with Crippen LogP contribution in [0.3, 0.4) is 0 Å². The van der Waals surface area contributed by atoms with E-state index in [0.717, 1.165) is 23.8 Å². The third kappa shape index (κ3) is 2.13. The van der Waals surface area contributed by atoms with Crippen molar-refractivity contribution >= 4 is 15.8 Å². The Hall–Kier alpha value is -1.40. The van der Waals surface area contributed by atoms with Crippen molar-refractivity contribution in [2.24, 2.45) is 11.1 Å². The van der Waals surface area contributed by atoms with E-state index in [1.165, 1.54) is 0 Å². The van der Waals surface area contributed by atoms with Crippen LogP contribution in [-0.4, -0.2) is 37.5 Å². The number of sulfone groups is 1. The molecule has 1 aromatic carbocycles. The number of aliphatic carboxylic acids is 1. The van der Waals surface area contributed by atoms with E-state index >= 15 is 0 Å². The minimum absolute atomic E-state index is 0.180. The third-order valence-electron chi connectivity index (χ3n) is 4.20. The lowest BCUT2D eigenvalue weighted by Gasteiger charge is -2.09. The standard InChI is InChI=1S/C14H19NO4S/c1-3-9-4-6-10(7-5-9)11-12(20(2,18)19)14(11,8-15)13(16)17/h4-7,11-12H,3,8,15H2,1-2H3,(H,16,17). The van der Waals surface area contributed by atoms with Gasteiger partial charge in [0.15, 0.2) is 9.84 Å². The minimum Gasteiger partial charge on any atom is -0.481 e. The molecular formula is C14H19NO4S. The Kier molecular flexibility index (Phi) is 3.64. The second-order valence-electron chi connectivity index (χ2n) is 5.37. The van der Waals surface area contributed by atoms with Gasteiger partial charge in [0.1, 0.15) is 5.41 Å². The maximum atomic E-state index is 11.9. The number of carboxylic acids is 1. The number of nitrogens with two attached hydrogens (primary N) is 1. The number of rotatable bonds is 5. The Morgan fingerprint density at radius 2 is 1.90 bits per heavy atom. The molecule has 0 aromatic heterocycles. The summed E-state index contributed by atoms with van der Waals surface area (Å²) in [7, 11) is -3.47. The van der Waals surface area contributed by atoms with Crippen molar-refractivity contribution in [2.45, 2.75) is 24.5 Å². The molecule has 0 aliphatic heterocycles. The summed E-state index contributed by atoms with van der Waals surface area (Å²) in [5, 5.41) is 8.49. The van der Waals surface area contributed by atoms with Crippen LogP contribution in [0, 0.1) is 5.41 Å². The summed E-state index contributed by atoms with van der Waals surface area (Å²) in [6.07, 6.45) is 1.95. The van der Waals surface area contributed by atoms with Gasteiger partial charge in [-0.3, -0.25) is 4.79 Å². The van der Waals surface area contributed by atoms with Gasteiger partial charge in [-0.05, 0) is 17.5 Å². The average Bonchev–Trinajstić information content (AvgIpc) is 3.09. The van der Waals surface area contributed by atoms with Crippen LogP contribution in [0.5, 0.6) is 0 Å². The van der Waals surface area contributed by atoms with E-state index in [9.17, 15) is 18.3 Å². The van der Waals surface area contributed by atoms with E-state index in [0.29, 0.717) is 0 Å². The van der Waals surface area contributed by atoms with Crippen molar-refractivity contribution < 1.29 is 18.3 Å². The fraction of sp³-hybridized carbons (Fsp3) is 0.500. The number of hydrogen-bond acceptors (Lipinski definition) is 4. The van der Waals surface area contributed by atoms with E-state index in [2.05, 4.69) is 0 Å². The summed E-state index contributed by atoms with van der Waals surface area (Å²) in [5.41, 5.74) is 6.06. The maximum absolute atomic E-state index is 11.9. The maximum Gasteiger partial charge on any atom is 0.312 e. The van der Waals surface area contributed by atoms with E-state index in [1.807, 2.05) is 31.2 Å². The summed E-state index contributed by atoms with van der Waals surface area (Å²) in [6.45, 7) is 1.84. The lowest BCUT2D eigenvalue weighted by Crippen LogP contribution is -2.31. The summed E-state index contributed by atoms with van der Waals surface area (Å²) in [5.74, 6) is -1.70. The van der Waals surface area contributed by atoms with Crippen molar-refractivity contribution in [1.82, 2.24) is 0 Å². The van der Waals surface area contributed by atoms with Crippen LogP contribution in [0.1, 0.15) is 24.0 Å². The molecule has 0 bridgehead atoms. The highest BCUT2D eigenvalue weighted by Crippen LogP contribution is 2.62. The SMILES string of the molecule is CCc1ccc(C2C(S(C)(=O)=O)C2(CN)C(=O)O)cc1. The zero-order chi connectivity index (χ0) is 15.1. The van der Waals surface area contributed by atoms with Gasteiger partial charge in [-0.2, -0.15) is 0 Å². The van der Waals surface area contributed by atoms with Crippen molar-refractivity contribution in [2.75, 3.05) is 12.8 Å². The van der Waals surface area contributed by atoms with Crippen molar-refractivity contribution in [3.63, 3.8) is 0 Å². The van der Waals surface area contributed by atoms with Gasteiger partial charge in [0.25, 0.3) is 0 Å². The van der Waals surface area contributed by atoms with Gasteiger partial charge < -0.3 is 10.8 Å². The monoisotopic (exact) mass is 297 g/mol. The Labute approximate surface area is 118 Å². The highest BCUT2D eigenvalue weighted by molar-refractivity contribution is 7.91. The molecule has 5 nitrogen and oxygen atoms in total. The molecular weight excluding hydrogens is 278 g/mol. The fourth-order valence-corrected chi connectivity index (χ4v) is 4.98. The molecule has 0 heterocycles. The van der Waals surface area contributed by atoms with E-state index in [1.54, 1.807) is 0 Å². The summed E-state index contributed by atoms with van der Waals surface area (Å²) in [6, 6.07) is 7.41. The zero-order valence-corrected chi connectivity index (χ0v) is 12.4. The molecule has 0 saturated heterocycles. The van der Waals surface area contributed by atoms with Crippen LogP contribution in [-0.2, 0) is 21.1 Å². The predicted octanol–water partition coefficient (Wildman–Crippen LogP) is 0.789. The Morgan fingerprint density at radius 1 is 1.35 bits per heavy atom. The molecule has 3 atom stereocenters. The molecule has 1 saturated carbocycles. The minimum atomic E-state index is -3.47. The Balaban J connectivity index is 2.46. The zero-order valence-electron chi connectivity index (χ0n) is 11.5.